The summed E-state index contributed by atoms with van der Waals surface area (Å²) in [6.07, 6.45) is -1.98. The van der Waals surface area contributed by atoms with E-state index in [1.165, 1.54) is 6.26 Å². The van der Waals surface area contributed by atoms with E-state index in [4.69, 9.17) is 9.15 Å². The van der Waals surface area contributed by atoms with Crippen molar-refractivity contribution in [3.8, 4) is 0 Å². The van der Waals surface area contributed by atoms with Crippen molar-refractivity contribution in [1.29, 1.82) is 0 Å². The van der Waals surface area contributed by atoms with E-state index >= 15 is 0 Å². The van der Waals surface area contributed by atoms with Gasteiger partial charge in [0.1, 0.15) is 6.54 Å². The Morgan fingerprint density at radius 3 is 2.73 bits per heavy atom. The summed E-state index contributed by atoms with van der Waals surface area (Å²) in [4.78, 5) is 13.4. The maximum absolute atomic E-state index is 12.9. The third kappa shape index (κ3) is 4.03. The lowest BCUT2D eigenvalue weighted by Crippen LogP contribution is -2.49. The summed E-state index contributed by atoms with van der Waals surface area (Å²) in [5.74, 6) is -0.737. The lowest BCUT2D eigenvalue weighted by Gasteiger charge is -2.34. The van der Waals surface area contributed by atoms with Crippen molar-refractivity contribution in [2.75, 3.05) is 19.8 Å². The zero-order valence-electron chi connectivity index (χ0n) is 12.7. The summed E-state index contributed by atoms with van der Waals surface area (Å²) in [7, 11) is 0. The van der Waals surface area contributed by atoms with Crippen LogP contribution in [-0.2, 0) is 4.74 Å². The fraction of sp³-hybridized carbons (Fsp3) is 0.667. The van der Waals surface area contributed by atoms with Crippen molar-refractivity contribution in [2.45, 2.75) is 44.8 Å². The van der Waals surface area contributed by atoms with Gasteiger partial charge in [-0.05, 0) is 24.8 Å². The van der Waals surface area contributed by atoms with E-state index in [9.17, 15) is 18.0 Å². The predicted molar refractivity (Wildman–Crippen MR) is 73.7 cm³/mol. The van der Waals surface area contributed by atoms with Gasteiger partial charge in [0, 0.05) is 12.2 Å². The van der Waals surface area contributed by atoms with E-state index in [0.29, 0.717) is 25.0 Å². The van der Waals surface area contributed by atoms with Gasteiger partial charge in [-0.1, -0.05) is 13.8 Å². The molecule has 1 aliphatic rings. The van der Waals surface area contributed by atoms with Gasteiger partial charge in [0.25, 0.3) is 5.91 Å². The first-order chi connectivity index (χ1) is 10.3. The van der Waals surface area contributed by atoms with Gasteiger partial charge in [-0.25, -0.2) is 0 Å². The lowest BCUT2D eigenvalue weighted by molar-refractivity contribution is -0.149. The molecule has 1 aromatic rings. The quantitative estimate of drug-likeness (QED) is 0.852. The number of carbonyl (C=O) groups excluding carboxylic acids is 1. The summed E-state index contributed by atoms with van der Waals surface area (Å²) in [5, 5.41) is 0. The molecule has 2 heterocycles. The third-order valence-electron chi connectivity index (χ3n) is 3.70. The topological polar surface area (TPSA) is 42.7 Å². The Morgan fingerprint density at radius 2 is 2.18 bits per heavy atom. The molecule has 0 bridgehead atoms. The molecular formula is C15H20F3NO3. The van der Waals surface area contributed by atoms with E-state index in [1.54, 1.807) is 6.07 Å². The predicted octanol–water partition coefficient (Wildman–Crippen LogP) is 3.59. The van der Waals surface area contributed by atoms with Crippen LogP contribution in [0.3, 0.4) is 0 Å². The summed E-state index contributed by atoms with van der Waals surface area (Å²) in [6, 6.07) is 1.05. The zero-order chi connectivity index (χ0) is 16.3. The molecule has 2 rings (SSSR count). The van der Waals surface area contributed by atoms with Gasteiger partial charge in [0.15, 0.2) is 5.76 Å². The Morgan fingerprint density at radius 1 is 1.45 bits per heavy atom. The van der Waals surface area contributed by atoms with Gasteiger partial charge >= 0.3 is 6.18 Å². The van der Waals surface area contributed by atoms with Gasteiger partial charge in [0.2, 0.25) is 0 Å². The number of rotatable bonds is 4. The molecule has 0 unspecified atom stereocenters. The molecule has 0 saturated carbocycles. The first-order valence-electron chi connectivity index (χ1n) is 7.32. The molecule has 1 atom stereocenters. The normalized spacial score (nSPS) is 19.5. The monoisotopic (exact) mass is 319 g/mol. The van der Waals surface area contributed by atoms with Crippen molar-refractivity contribution < 1.29 is 27.1 Å². The maximum atomic E-state index is 12.9. The second-order valence-electron chi connectivity index (χ2n) is 5.78. The number of carbonyl (C=O) groups is 1. The molecule has 1 saturated heterocycles. The maximum Gasteiger partial charge on any atom is 0.406 e. The number of halogens is 3. The van der Waals surface area contributed by atoms with Gasteiger partial charge < -0.3 is 14.1 Å². The van der Waals surface area contributed by atoms with E-state index in [1.807, 2.05) is 13.8 Å². The van der Waals surface area contributed by atoms with Crippen LogP contribution in [0.2, 0.25) is 0 Å². The number of hydrogen-bond acceptors (Lipinski definition) is 3. The molecule has 22 heavy (non-hydrogen) atoms. The molecule has 0 spiro atoms. The number of furan rings is 1. The van der Waals surface area contributed by atoms with Crippen LogP contribution in [0.4, 0.5) is 13.2 Å². The molecule has 0 N–H and O–H groups in total. The van der Waals surface area contributed by atoms with Crippen LogP contribution in [-0.4, -0.2) is 42.8 Å². The smallest absolute Gasteiger partial charge is 0.406 e. The molecule has 4 nitrogen and oxygen atoms in total. The Balaban J connectivity index is 2.26. The molecule has 1 amide bonds. The molecule has 0 radical (unpaired) electrons. The molecule has 0 aromatic carbocycles. The summed E-state index contributed by atoms with van der Waals surface area (Å²) >= 11 is 0. The van der Waals surface area contributed by atoms with Crippen molar-refractivity contribution >= 4 is 5.91 Å². The van der Waals surface area contributed by atoms with E-state index in [-0.39, 0.29) is 18.3 Å². The number of ether oxygens (including phenoxy) is 1. The van der Waals surface area contributed by atoms with Crippen molar-refractivity contribution in [3.63, 3.8) is 0 Å². The minimum absolute atomic E-state index is 0.00644. The fourth-order valence-electron chi connectivity index (χ4n) is 2.61. The Hall–Kier alpha value is -1.50. The number of alkyl halides is 3. The van der Waals surface area contributed by atoms with Crippen molar-refractivity contribution in [2.24, 2.45) is 0 Å². The van der Waals surface area contributed by atoms with Gasteiger partial charge in [0.05, 0.1) is 18.9 Å². The second-order valence-corrected chi connectivity index (χ2v) is 5.78. The van der Waals surface area contributed by atoms with Gasteiger partial charge in [-0.15, -0.1) is 0 Å². The summed E-state index contributed by atoms with van der Waals surface area (Å²) in [6.45, 7) is 3.07. The highest BCUT2D eigenvalue weighted by Gasteiger charge is 2.39. The number of amides is 1. The highest BCUT2D eigenvalue weighted by atomic mass is 19.4. The average Bonchev–Trinajstić information content (AvgIpc) is 2.93. The van der Waals surface area contributed by atoms with Crippen LogP contribution in [0.5, 0.6) is 0 Å². The molecule has 1 aromatic heterocycles. The highest BCUT2D eigenvalue weighted by molar-refractivity contribution is 5.93. The molecule has 1 fully saturated rings. The number of nitrogens with zero attached hydrogens (tertiary/aromatic N) is 1. The first-order valence-corrected chi connectivity index (χ1v) is 7.32. The molecular weight excluding hydrogens is 299 g/mol. The first kappa shape index (κ1) is 16.9. The average molecular weight is 319 g/mol. The zero-order valence-corrected chi connectivity index (χ0v) is 12.7. The SMILES string of the molecule is CC(C)c1ccoc1C(=O)N(CC(F)(F)F)[C@@H]1CCCOC1. The molecule has 7 heteroatoms. The largest absolute Gasteiger partial charge is 0.459 e. The fourth-order valence-corrected chi connectivity index (χ4v) is 2.61. The summed E-state index contributed by atoms with van der Waals surface area (Å²) in [5.41, 5.74) is 0.619. The van der Waals surface area contributed by atoms with Crippen LogP contribution < -0.4 is 0 Å². The van der Waals surface area contributed by atoms with Crippen molar-refractivity contribution in [3.05, 3.63) is 23.7 Å². The minimum Gasteiger partial charge on any atom is -0.459 e. The lowest BCUT2D eigenvalue weighted by atomic mass is 10.0. The molecule has 0 aliphatic carbocycles. The second kappa shape index (κ2) is 6.73. The van der Waals surface area contributed by atoms with Crippen molar-refractivity contribution in [1.82, 2.24) is 4.90 Å². The van der Waals surface area contributed by atoms with Crippen LogP contribution in [0.15, 0.2) is 16.7 Å². The third-order valence-corrected chi connectivity index (χ3v) is 3.70. The van der Waals surface area contributed by atoms with Gasteiger partial charge in [-0.2, -0.15) is 13.2 Å². The van der Waals surface area contributed by atoms with Crippen LogP contribution in [0.1, 0.15) is 48.7 Å². The van der Waals surface area contributed by atoms with Crippen LogP contribution in [0.25, 0.3) is 0 Å². The van der Waals surface area contributed by atoms with Crippen LogP contribution in [0, 0.1) is 0 Å². The van der Waals surface area contributed by atoms with Crippen LogP contribution >= 0.6 is 0 Å². The van der Waals surface area contributed by atoms with E-state index in [0.717, 1.165) is 4.90 Å². The molecule has 1 aliphatic heterocycles. The Bertz CT molecular complexity index is 504. The Kier molecular flexibility index (Phi) is 5.16. The summed E-state index contributed by atoms with van der Waals surface area (Å²) < 4.78 is 49.0. The highest BCUT2D eigenvalue weighted by Crippen LogP contribution is 2.27. The number of hydrogen-bond donors (Lipinski definition) is 0. The Labute approximate surface area is 127 Å². The van der Waals surface area contributed by atoms with E-state index in [2.05, 4.69) is 0 Å². The standard InChI is InChI=1S/C15H20F3NO3/c1-10(2)12-5-7-22-13(12)14(20)19(9-15(16,17)18)11-4-3-6-21-8-11/h5,7,10-11H,3-4,6,8-9H2,1-2H3/t11-/m1/s1. The van der Waals surface area contributed by atoms with Gasteiger partial charge in [-0.3, -0.25) is 4.79 Å². The minimum atomic E-state index is -4.46. The van der Waals surface area contributed by atoms with E-state index < -0.39 is 24.7 Å². The molecule has 124 valence electrons.